The zero-order valence-electron chi connectivity index (χ0n) is 16.7. The lowest BCUT2D eigenvalue weighted by atomic mass is 10.0. The number of anilines is 1. The summed E-state index contributed by atoms with van der Waals surface area (Å²) in [4.78, 5) is 20.1. The molecule has 154 valence electrons. The summed E-state index contributed by atoms with van der Waals surface area (Å²) >= 11 is 0. The minimum Gasteiger partial charge on any atom is -0.345 e. The summed E-state index contributed by atoms with van der Waals surface area (Å²) in [6, 6.07) is 5.84. The van der Waals surface area contributed by atoms with Crippen molar-refractivity contribution in [1.29, 1.82) is 0 Å². The lowest BCUT2D eigenvalue weighted by molar-refractivity contribution is 0.103. The molecule has 7 nitrogen and oxygen atoms in total. The van der Waals surface area contributed by atoms with Crippen LogP contribution in [-0.2, 0) is 10.2 Å². The van der Waals surface area contributed by atoms with Crippen LogP contribution in [-0.4, -0.2) is 42.1 Å². The maximum Gasteiger partial charge on any atom is 0.301 e. The zero-order valence-corrected chi connectivity index (χ0v) is 17.5. The molecule has 2 heterocycles. The molecule has 29 heavy (non-hydrogen) atoms. The van der Waals surface area contributed by atoms with E-state index < -0.39 is 21.8 Å². The van der Waals surface area contributed by atoms with Crippen LogP contribution in [0.5, 0.6) is 0 Å². The molecule has 0 saturated carbocycles. The van der Waals surface area contributed by atoms with E-state index in [0.717, 1.165) is 9.87 Å². The minimum absolute atomic E-state index is 0.105. The molecule has 0 bridgehead atoms. The number of halogens is 1. The van der Waals surface area contributed by atoms with Crippen LogP contribution in [0.4, 0.5) is 10.1 Å². The number of carbonyl (C=O) groups excluding carboxylic acids is 1. The summed E-state index contributed by atoms with van der Waals surface area (Å²) in [5, 5.41) is 0.581. The molecular weight excluding hydrogens is 395 g/mol. The third-order valence-corrected chi connectivity index (χ3v) is 5.87. The van der Waals surface area contributed by atoms with Gasteiger partial charge in [0.05, 0.1) is 11.3 Å². The van der Waals surface area contributed by atoms with Gasteiger partial charge in [-0.25, -0.2) is 9.37 Å². The fourth-order valence-corrected chi connectivity index (χ4v) is 4.14. The summed E-state index contributed by atoms with van der Waals surface area (Å²) in [6.45, 7) is 5.88. The molecule has 3 aromatic rings. The van der Waals surface area contributed by atoms with E-state index in [1.807, 2.05) is 20.8 Å². The van der Waals surface area contributed by atoms with Crippen LogP contribution in [0.2, 0.25) is 0 Å². The Morgan fingerprint density at radius 2 is 2.03 bits per heavy atom. The number of aromatic nitrogens is 2. The highest BCUT2D eigenvalue weighted by molar-refractivity contribution is 7.90. The first-order valence-electron chi connectivity index (χ1n) is 9.11. The van der Waals surface area contributed by atoms with Crippen LogP contribution in [0, 0.1) is 18.7 Å². The smallest absolute Gasteiger partial charge is 0.301 e. The number of aryl methyl sites for hydroxylation is 1. The first-order chi connectivity index (χ1) is 13.6. The van der Waals surface area contributed by atoms with Crippen LogP contribution < -0.4 is 4.72 Å². The van der Waals surface area contributed by atoms with Crippen LogP contribution in [0.25, 0.3) is 11.0 Å². The number of fused-ring (bicyclic) bond motifs is 1. The number of nitrogens with one attached hydrogen (secondary N) is 2. The lowest BCUT2D eigenvalue weighted by Crippen LogP contribution is -2.35. The molecule has 0 aliphatic carbocycles. The van der Waals surface area contributed by atoms with Crippen LogP contribution >= 0.6 is 0 Å². The number of hydrogen-bond acceptors (Lipinski definition) is 4. The number of H-pyrrole nitrogens is 1. The Morgan fingerprint density at radius 3 is 2.72 bits per heavy atom. The molecule has 1 aromatic carbocycles. The van der Waals surface area contributed by atoms with Gasteiger partial charge in [-0.1, -0.05) is 19.9 Å². The summed E-state index contributed by atoms with van der Waals surface area (Å²) in [5.74, 6) is -1.38. The molecule has 2 N–H and O–H groups in total. The van der Waals surface area contributed by atoms with E-state index >= 15 is 4.39 Å². The standard InChI is InChI=1S/C20H23FN4O3S/c1-12(2)11-25(4)29(27,28)24-17-7-5-6-14(18(17)21)19(26)16-10-23-20-15(16)8-13(3)9-22-20/h5-10,12,24H,11H2,1-4H3,(H,22,23). The van der Waals surface area contributed by atoms with Crippen molar-refractivity contribution in [3.8, 4) is 0 Å². The van der Waals surface area contributed by atoms with E-state index in [2.05, 4.69) is 14.7 Å². The second-order valence-electron chi connectivity index (χ2n) is 7.39. The number of carbonyl (C=O) groups is 1. The third kappa shape index (κ3) is 4.30. The Balaban J connectivity index is 1.96. The Bertz CT molecular complexity index is 1170. The van der Waals surface area contributed by atoms with Crippen molar-refractivity contribution in [2.45, 2.75) is 20.8 Å². The van der Waals surface area contributed by atoms with Gasteiger partial charge in [-0.2, -0.15) is 12.7 Å². The molecule has 0 amide bonds. The predicted molar refractivity (Wildman–Crippen MR) is 111 cm³/mol. The molecule has 9 heteroatoms. The molecular formula is C20H23FN4O3S. The van der Waals surface area contributed by atoms with E-state index in [1.54, 1.807) is 12.3 Å². The number of benzene rings is 1. The van der Waals surface area contributed by atoms with Crippen molar-refractivity contribution >= 4 is 32.7 Å². The Kier molecular flexibility index (Phi) is 5.72. The molecule has 0 unspecified atom stereocenters. The number of ketones is 1. The first-order valence-corrected chi connectivity index (χ1v) is 10.5. The summed E-state index contributed by atoms with van der Waals surface area (Å²) < 4.78 is 43.3. The van der Waals surface area contributed by atoms with Crippen LogP contribution in [0.1, 0.15) is 35.3 Å². The maximum absolute atomic E-state index is 15.1. The van der Waals surface area contributed by atoms with Crippen LogP contribution in [0.15, 0.2) is 36.7 Å². The number of nitrogens with zero attached hydrogens (tertiary/aromatic N) is 2. The molecule has 0 fully saturated rings. The number of aromatic amines is 1. The van der Waals surface area contributed by atoms with E-state index in [4.69, 9.17) is 0 Å². The molecule has 2 aromatic heterocycles. The Hall–Kier alpha value is -2.78. The van der Waals surface area contributed by atoms with Crippen molar-refractivity contribution < 1.29 is 17.6 Å². The summed E-state index contributed by atoms with van der Waals surface area (Å²) in [6.07, 6.45) is 3.14. The van der Waals surface area contributed by atoms with Gasteiger partial charge in [0, 0.05) is 36.9 Å². The van der Waals surface area contributed by atoms with Gasteiger partial charge >= 0.3 is 10.2 Å². The van der Waals surface area contributed by atoms with Gasteiger partial charge in [-0.05, 0) is 36.6 Å². The van der Waals surface area contributed by atoms with E-state index in [9.17, 15) is 13.2 Å². The van der Waals surface area contributed by atoms with Gasteiger partial charge in [0.15, 0.2) is 11.6 Å². The average molecular weight is 418 g/mol. The fourth-order valence-electron chi connectivity index (χ4n) is 3.06. The maximum atomic E-state index is 15.1. The lowest BCUT2D eigenvalue weighted by Gasteiger charge is -2.20. The van der Waals surface area contributed by atoms with E-state index in [-0.39, 0.29) is 29.3 Å². The van der Waals surface area contributed by atoms with Gasteiger partial charge < -0.3 is 4.98 Å². The topological polar surface area (TPSA) is 95.2 Å². The quantitative estimate of drug-likeness (QED) is 0.574. The highest BCUT2D eigenvalue weighted by Crippen LogP contribution is 2.26. The summed E-state index contributed by atoms with van der Waals surface area (Å²) in [5.41, 5.74) is 1.15. The second-order valence-corrected chi connectivity index (χ2v) is 9.17. The second kappa shape index (κ2) is 7.92. The molecule has 0 aliphatic rings. The first kappa shape index (κ1) is 20.9. The number of hydrogen-bond donors (Lipinski definition) is 2. The van der Waals surface area contributed by atoms with Crippen molar-refractivity contribution in [3.63, 3.8) is 0 Å². The van der Waals surface area contributed by atoms with Gasteiger partial charge in [0.25, 0.3) is 0 Å². The van der Waals surface area contributed by atoms with Gasteiger partial charge in [-0.15, -0.1) is 0 Å². The monoisotopic (exact) mass is 418 g/mol. The largest absolute Gasteiger partial charge is 0.345 e. The molecule has 0 radical (unpaired) electrons. The molecule has 0 aliphatic heterocycles. The molecule has 0 atom stereocenters. The highest BCUT2D eigenvalue weighted by Gasteiger charge is 2.24. The number of pyridine rings is 1. The SMILES string of the molecule is Cc1cnc2[nH]cc(C(=O)c3cccc(NS(=O)(=O)N(C)CC(C)C)c3F)c2c1. The third-order valence-electron chi connectivity index (χ3n) is 4.43. The van der Waals surface area contributed by atoms with Crippen molar-refractivity contribution in [2.75, 3.05) is 18.3 Å². The van der Waals surface area contributed by atoms with Crippen LogP contribution in [0.3, 0.4) is 0 Å². The van der Waals surface area contributed by atoms with E-state index in [0.29, 0.717) is 11.0 Å². The van der Waals surface area contributed by atoms with Crippen molar-refractivity contribution in [2.24, 2.45) is 5.92 Å². The van der Waals surface area contributed by atoms with E-state index in [1.165, 1.54) is 31.4 Å². The van der Waals surface area contributed by atoms with Gasteiger partial charge in [0.1, 0.15) is 5.65 Å². The number of rotatable bonds is 7. The van der Waals surface area contributed by atoms with Crippen molar-refractivity contribution in [3.05, 3.63) is 59.2 Å². The minimum atomic E-state index is -3.95. The van der Waals surface area contributed by atoms with Crippen molar-refractivity contribution in [1.82, 2.24) is 14.3 Å². The Morgan fingerprint density at radius 1 is 1.31 bits per heavy atom. The van der Waals surface area contributed by atoms with Gasteiger partial charge in [-0.3, -0.25) is 9.52 Å². The average Bonchev–Trinajstić information content (AvgIpc) is 3.05. The molecule has 0 spiro atoms. The molecule has 0 saturated heterocycles. The Labute approximate surface area is 169 Å². The fraction of sp³-hybridized carbons (Fsp3) is 0.300. The van der Waals surface area contributed by atoms with Gasteiger partial charge in [0.2, 0.25) is 0 Å². The highest BCUT2D eigenvalue weighted by atomic mass is 32.2. The molecule has 3 rings (SSSR count). The summed E-state index contributed by atoms with van der Waals surface area (Å²) in [7, 11) is -2.54. The zero-order chi connectivity index (χ0) is 21.3. The normalized spacial score (nSPS) is 12.1. The predicted octanol–water partition coefficient (Wildman–Crippen LogP) is 3.49.